The Morgan fingerprint density at radius 2 is 2.14 bits per heavy atom. The minimum atomic E-state index is -0.603. The van der Waals surface area contributed by atoms with Crippen molar-refractivity contribution in [2.75, 3.05) is 0 Å². The Labute approximate surface area is 135 Å². The molecule has 2 rings (SSSR count). The second-order valence-electron chi connectivity index (χ2n) is 8.17. The number of fused-ring (bicyclic) bond motifs is 1. The van der Waals surface area contributed by atoms with Crippen LogP contribution in [0, 0.1) is 28.6 Å². The lowest BCUT2D eigenvalue weighted by atomic mass is 9.46. The van der Waals surface area contributed by atoms with Crippen LogP contribution in [0.4, 0.5) is 0 Å². The number of carboxylic acid groups (broad SMARTS) is 1. The molecule has 0 aromatic heterocycles. The first-order valence-electron chi connectivity index (χ1n) is 8.79. The van der Waals surface area contributed by atoms with Gasteiger partial charge in [-0.25, -0.2) is 0 Å². The smallest absolute Gasteiger partial charge is 0.309 e. The Balaban J connectivity index is 2.28. The molecule has 0 radical (unpaired) electrons. The zero-order valence-electron chi connectivity index (χ0n) is 14.5. The summed E-state index contributed by atoms with van der Waals surface area (Å²) in [4.78, 5) is 11.9. The van der Waals surface area contributed by atoms with Crippen LogP contribution in [0.3, 0.4) is 0 Å². The fourth-order valence-electron chi connectivity index (χ4n) is 5.29. The van der Waals surface area contributed by atoms with Crippen molar-refractivity contribution in [1.82, 2.24) is 0 Å². The van der Waals surface area contributed by atoms with Crippen LogP contribution in [0.25, 0.3) is 0 Å². The molecule has 0 spiro atoms. The Bertz CT molecular complexity index is 466. The average molecular weight is 304 g/mol. The van der Waals surface area contributed by atoms with Crippen LogP contribution in [0.15, 0.2) is 24.8 Å². The van der Waals surface area contributed by atoms with Gasteiger partial charge in [0, 0.05) is 0 Å². The highest BCUT2D eigenvalue weighted by Gasteiger charge is 2.57. The van der Waals surface area contributed by atoms with Crippen LogP contribution < -0.4 is 0 Å². The van der Waals surface area contributed by atoms with E-state index < -0.39 is 11.4 Å². The molecule has 0 amide bonds. The second kappa shape index (κ2) is 6.22. The van der Waals surface area contributed by atoms with E-state index in [1.807, 2.05) is 13.0 Å². The summed E-state index contributed by atoms with van der Waals surface area (Å²) in [6.45, 7) is 14.8. The summed E-state index contributed by atoms with van der Waals surface area (Å²) < 4.78 is 0. The quantitative estimate of drug-likeness (QED) is 0.685. The highest BCUT2D eigenvalue weighted by Crippen LogP contribution is 2.62. The van der Waals surface area contributed by atoms with E-state index in [2.05, 4.69) is 27.0 Å². The number of hydrogen-bond donors (Lipinski definition) is 1. The zero-order valence-corrected chi connectivity index (χ0v) is 14.5. The summed E-state index contributed by atoms with van der Waals surface area (Å²) in [5, 5.41) is 9.82. The minimum absolute atomic E-state index is 0.0988. The van der Waals surface area contributed by atoms with Crippen molar-refractivity contribution in [3.05, 3.63) is 24.8 Å². The van der Waals surface area contributed by atoms with E-state index in [9.17, 15) is 9.90 Å². The van der Waals surface area contributed by atoms with Crippen molar-refractivity contribution in [2.24, 2.45) is 28.6 Å². The van der Waals surface area contributed by atoms with E-state index in [1.165, 1.54) is 5.57 Å². The molecule has 0 heterocycles. The molecular weight excluding hydrogens is 272 g/mol. The molecule has 2 aliphatic rings. The van der Waals surface area contributed by atoms with Crippen molar-refractivity contribution in [1.29, 1.82) is 0 Å². The minimum Gasteiger partial charge on any atom is -0.481 e. The lowest BCUT2D eigenvalue weighted by molar-refractivity contribution is -0.164. The lowest BCUT2D eigenvalue weighted by Crippen LogP contribution is -2.53. The van der Waals surface area contributed by atoms with Gasteiger partial charge < -0.3 is 5.11 Å². The summed E-state index contributed by atoms with van der Waals surface area (Å²) in [6.07, 6.45) is 9.25. The highest BCUT2D eigenvalue weighted by molar-refractivity contribution is 5.75. The molecule has 22 heavy (non-hydrogen) atoms. The normalized spacial score (nSPS) is 39.9. The monoisotopic (exact) mass is 304 g/mol. The molecule has 0 aromatic rings. The van der Waals surface area contributed by atoms with Gasteiger partial charge in [0.1, 0.15) is 0 Å². The molecule has 2 saturated carbocycles. The average Bonchev–Trinajstić information content (AvgIpc) is 2.45. The van der Waals surface area contributed by atoms with Crippen LogP contribution in [0.5, 0.6) is 0 Å². The third kappa shape index (κ3) is 2.77. The molecule has 0 unspecified atom stereocenters. The SMILES string of the molecule is C=C[C@@H](C)CC[C@@H]1C(=C)CC[C@H]2[C@@]1(C)CCC[C@]2(C)C(=O)O. The van der Waals surface area contributed by atoms with Crippen molar-refractivity contribution >= 4 is 5.97 Å². The number of carboxylic acids is 1. The number of rotatable bonds is 5. The van der Waals surface area contributed by atoms with Crippen LogP contribution in [-0.4, -0.2) is 11.1 Å². The van der Waals surface area contributed by atoms with Crippen LogP contribution in [0.2, 0.25) is 0 Å². The topological polar surface area (TPSA) is 37.3 Å². The standard InChI is InChI=1S/C20H32O2/c1-6-14(2)8-10-16-15(3)9-11-17-19(16,4)12-7-13-20(17,5)18(21)22/h6,14,16-17H,1,3,7-13H2,2,4-5H3,(H,21,22)/t14-,16-,17+,19+,20+/m1/s1. The molecular formula is C20H32O2. The molecule has 5 atom stereocenters. The first-order chi connectivity index (χ1) is 10.3. The Hall–Kier alpha value is -1.05. The maximum absolute atomic E-state index is 11.9. The van der Waals surface area contributed by atoms with Gasteiger partial charge in [-0.3, -0.25) is 4.79 Å². The molecule has 2 heteroatoms. The summed E-state index contributed by atoms with van der Waals surface area (Å²) in [6, 6.07) is 0. The molecule has 0 aliphatic heterocycles. The third-order valence-electron chi connectivity index (χ3n) is 6.82. The molecule has 124 valence electrons. The molecule has 2 nitrogen and oxygen atoms in total. The number of carbonyl (C=O) groups is 1. The van der Waals surface area contributed by atoms with Gasteiger partial charge in [0.05, 0.1) is 5.41 Å². The van der Waals surface area contributed by atoms with E-state index in [-0.39, 0.29) is 11.3 Å². The van der Waals surface area contributed by atoms with Crippen LogP contribution in [0.1, 0.15) is 65.7 Å². The summed E-state index contributed by atoms with van der Waals surface area (Å²) in [7, 11) is 0. The molecule has 0 bridgehead atoms. The van der Waals surface area contributed by atoms with E-state index in [1.54, 1.807) is 0 Å². The largest absolute Gasteiger partial charge is 0.481 e. The number of hydrogen-bond acceptors (Lipinski definition) is 1. The first kappa shape index (κ1) is 17.3. The number of aliphatic carboxylic acids is 1. The maximum Gasteiger partial charge on any atom is 0.309 e. The first-order valence-corrected chi connectivity index (χ1v) is 8.79. The molecule has 0 saturated heterocycles. The molecule has 0 aromatic carbocycles. The fraction of sp³-hybridized carbons (Fsp3) is 0.750. The van der Waals surface area contributed by atoms with E-state index in [0.29, 0.717) is 11.8 Å². The van der Waals surface area contributed by atoms with Crippen molar-refractivity contribution < 1.29 is 9.90 Å². The Kier molecular flexibility index (Phi) is 4.89. The van der Waals surface area contributed by atoms with Gasteiger partial charge in [0.25, 0.3) is 0 Å². The summed E-state index contributed by atoms with van der Waals surface area (Å²) in [5.41, 5.74) is 0.891. The molecule has 2 fully saturated rings. The van der Waals surface area contributed by atoms with E-state index in [4.69, 9.17) is 0 Å². The maximum atomic E-state index is 11.9. The Morgan fingerprint density at radius 1 is 1.45 bits per heavy atom. The molecule has 1 N–H and O–H groups in total. The van der Waals surface area contributed by atoms with Crippen molar-refractivity contribution in [2.45, 2.75) is 65.7 Å². The van der Waals surface area contributed by atoms with Crippen molar-refractivity contribution in [3.8, 4) is 0 Å². The second-order valence-corrected chi connectivity index (χ2v) is 8.17. The van der Waals surface area contributed by atoms with E-state index in [0.717, 1.165) is 44.9 Å². The lowest BCUT2D eigenvalue weighted by Gasteiger charge is -2.57. The van der Waals surface area contributed by atoms with E-state index >= 15 is 0 Å². The van der Waals surface area contributed by atoms with Crippen LogP contribution >= 0.6 is 0 Å². The van der Waals surface area contributed by atoms with Gasteiger partial charge in [-0.05, 0) is 68.6 Å². The Morgan fingerprint density at radius 3 is 2.73 bits per heavy atom. The predicted molar refractivity (Wildman–Crippen MR) is 91.6 cm³/mol. The molecule has 2 aliphatic carbocycles. The number of allylic oxidation sites excluding steroid dienone is 2. The highest BCUT2D eigenvalue weighted by atomic mass is 16.4. The zero-order chi connectivity index (χ0) is 16.5. The van der Waals surface area contributed by atoms with Gasteiger partial charge >= 0.3 is 5.97 Å². The third-order valence-corrected chi connectivity index (χ3v) is 6.82. The van der Waals surface area contributed by atoms with Gasteiger partial charge in [-0.15, -0.1) is 6.58 Å². The summed E-state index contributed by atoms with van der Waals surface area (Å²) >= 11 is 0. The predicted octanol–water partition coefficient (Wildman–Crippen LogP) is 5.45. The van der Waals surface area contributed by atoms with Gasteiger partial charge in [0.2, 0.25) is 0 Å². The van der Waals surface area contributed by atoms with Crippen molar-refractivity contribution in [3.63, 3.8) is 0 Å². The fourth-order valence-corrected chi connectivity index (χ4v) is 5.29. The van der Waals surface area contributed by atoms with Crippen LogP contribution in [-0.2, 0) is 4.79 Å². The van der Waals surface area contributed by atoms with Gasteiger partial charge in [-0.1, -0.05) is 38.5 Å². The van der Waals surface area contributed by atoms with Gasteiger partial charge in [-0.2, -0.15) is 0 Å². The van der Waals surface area contributed by atoms with Gasteiger partial charge in [0.15, 0.2) is 0 Å². The summed E-state index contributed by atoms with van der Waals surface area (Å²) in [5.74, 6) is 0.661.